The number of piperidine rings is 1. The van der Waals surface area contributed by atoms with Gasteiger partial charge in [-0.3, -0.25) is 0 Å². The van der Waals surface area contributed by atoms with E-state index in [1.54, 1.807) is 0 Å². The van der Waals surface area contributed by atoms with Gasteiger partial charge in [0.1, 0.15) is 0 Å². The molecule has 2 aliphatic heterocycles. The molecule has 4 nitrogen and oxygen atoms in total. The van der Waals surface area contributed by atoms with Crippen molar-refractivity contribution in [2.75, 3.05) is 26.7 Å². The molecular formula is C11H20N2O2. The molecule has 2 fully saturated rings. The largest absolute Gasteiger partial charge is 0.453 e. The number of likely N-dealkylation sites (tertiary alicyclic amines) is 1. The lowest BCUT2D eigenvalue weighted by atomic mass is 9.90. The van der Waals surface area contributed by atoms with Crippen molar-refractivity contribution in [3.05, 3.63) is 0 Å². The number of hydrogen-bond donors (Lipinski definition) is 1. The van der Waals surface area contributed by atoms with Gasteiger partial charge in [0.05, 0.1) is 7.11 Å². The number of nitrogens with one attached hydrogen (secondary N) is 1. The third kappa shape index (κ3) is 2.25. The summed E-state index contributed by atoms with van der Waals surface area (Å²) in [7, 11) is 1.47. The number of carbonyl (C=O) groups excluding carboxylic acids is 1. The van der Waals surface area contributed by atoms with Crippen LogP contribution in [0.5, 0.6) is 0 Å². The Morgan fingerprint density at radius 3 is 2.93 bits per heavy atom. The second-order valence-electron chi connectivity index (χ2n) is 4.48. The van der Waals surface area contributed by atoms with Crippen molar-refractivity contribution in [1.29, 1.82) is 0 Å². The molecule has 0 aliphatic carbocycles. The van der Waals surface area contributed by atoms with Crippen molar-refractivity contribution < 1.29 is 9.53 Å². The Morgan fingerprint density at radius 2 is 2.27 bits per heavy atom. The number of nitrogens with zero attached hydrogens (tertiary/aromatic N) is 1. The van der Waals surface area contributed by atoms with Gasteiger partial charge in [-0.2, -0.15) is 0 Å². The smallest absolute Gasteiger partial charge is 0.409 e. The van der Waals surface area contributed by atoms with Crippen molar-refractivity contribution in [2.45, 2.75) is 31.7 Å². The van der Waals surface area contributed by atoms with E-state index in [1.807, 2.05) is 4.90 Å². The quantitative estimate of drug-likeness (QED) is 0.710. The Bertz CT molecular complexity index is 227. The summed E-state index contributed by atoms with van der Waals surface area (Å²) in [4.78, 5) is 13.5. The van der Waals surface area contributed by atoms with Crippen LogP contribution in [0.25, 0.3) is 0 Å². The van der Waals surface area contributed by atoms with E-state index < -0.39 is 0 Å². The van der Waals surface area contributed by atoms with Crippen molar-refractivity contribution in [2.24, 2.45) is 5.92 Å². The van der Waals surface area contributed by atoms with E-state index in [0.29, 0.717) is 12.0 Å². The molecule has 0 spiro atoms. The monoisotopic (exact) mass is 212 g/mol. The SMILES string of the molecule is COC(=O)N1CCCC1C1CCCNC1. The second kappa shape index (κ2) is 4.84. The molecule has 0 bridgehead atoms. The third-order valence-corrected chi connectivity index (χ3v) is 3.59. The molecule has 0 radical (unpaired) electrons. The first kappa shape index (κ1) is 10.7. The average molecular weight is 212 g/mol. The van der Waals surface area contributed by atoms with Gasteiger partial charge in [0.25, 0.3) is 0 Å². The highest BCUT2D eigenvalue weighted by Gasteiger charge is 2.35. The van der Waals surface area contributed by atoms with Gasteiger partial charge in [-0.25, -0.2) is 4.79 Å². The Hall–Kier alpha value is -0.770. The predicted octanol–water partition coefficient (Wildman–Crippen LogP) is 1.22. The lowest BCUT2D eigenvalue weighted by Crippen LogP contribution is -2.45. The summed E-state index contributed by atoms with van der Waals surface area (Å²) < 4.78 is 4.82. The normalized spacial score (nSPS) is 31.7. The minimum absolute atomic E-state index is 0.150. The van der Waals surface area contributed by atoms with Gasteiger partial charge in [-0.1, -0.05) is 0 Å². The van der Waals surface area contributed by atoms with Crippen LogP contribution in [0.1, 0.15) is 25.7 Å². The van der Waals surface area contributed by atoms with Gasteiger partial charge < -0.3 is 15.0 Å². The maximum Gasteiger partial charge on any atom is 0.409 e. The van der Waals surface area contributed by atoms with Crippen molar-refractivity contribution in [3.63, 3.8) is 0 Å². The Kier molecular flexibility index (Phi) is 3.46. The molecule has 1 amide bonds. The van der Waals surface area contributed by atoms with Crippen LogP contribution in [0.2, 0.25) is 0 Å². The molecule has 1 N–H and O–H groups in total. The highest BCUT2D eigenvalue weighted by molar-refractivity contribution is 5.68. The molecule has 15 heavy (non-hydrogen) atoms. The van der Waals surface area contributed by atoms with E-state index in [9.17, 15) is 4.79 Å². The molecule has 2 aliphatic rings. The fraction of sp³-hybridized carbons (Fsp3) is 0.909. The number of hydrogen-bond acceptors (Lipinski definition) is 3. The lowest BCUT2D eigenvalue weighted by Gasteiger charge is -2.33. The summed E-state index contributed by atoms with van der Waals surface area (Å²) in [5, 5.41) is 3.41. The van der Waals surface area contributed by atoms with Gasteiger partial charge in [-0.15, -0.1) is 0 Å². The molecule has 86 valence electrons. The van der Waals surface area contributed by atoms with Crippen LogP contribution in [0, 0.1) is 5.92 Å². The maximum atomic E-state index is 11.6. The molecule has 0 saturated carbocycles. The zero-order valence-electron chi connectivity index (χ0n) is 9.37. The van der Waals surface area contributed by atoms with Crippen LogP contribution >= 0.6 is 0 Å². The first-order valence-corrected chi connectivity index (χ1v) is 5.88. The zero-order valence-corrected chi connectivity index (χ0v) is 9.37. The average Bonchev–Trinajstić information content (AvgIpc) is 2.78. The van der Waals surface area contributed by atoms with E-state index in [4.69, 9.17) is 4.74 Å². The molecule has 2 unspecified atom stereocenters. The van der Waals surface area contributed by atoms with E-state index >= 15 is 0 Å². The van der Waals surface area contributed by atoms with Crippen molar-refractivity contribution in [1.82, 2.24) is 10.2 Å². The summed E-state index contributed by atoms with van der Waals surface area (Å²) in [5.41, 5.74) is 0. The molecule has 2 saturated heterocycles. The minimum Gasteiger partial charge on any atom is -0.453 e. The Morgan fingerprint density at radius 1 is 1.40 bits per heavy atom. The van der Waals surface area contributed by atoms with Crippen LogP contribution in [0.3, 0.4) is 0 Å². The number of methoxy groups -OCH3 is 1. The number of ether oxygens (including phenoxy) is 1. The van der Waals surface area contributed by atoms with Gasteiger partial charge in [0, 0.05) is 12.6 Å². The topological polar surface area (TPSA) is 41.6 Å². The standard InChI is InChI=1S/C11H20N2O2/c1-15-11(14)13-7-3-5-10(13)9-4-2-6-12-8-9/h9-10,12H,2-8H2,1H3. The molecule has 2 atom stereocenters. The second-order valence-corrected chi connectivity index (χ2v) is 4.48. The van der Waals surface area contributed by atoms with Crippen LogP contribution in [0.15, 0.2) is 0 Å². The highest BCUT2D eigenvalue weighted by Crippen LogP contribution is 2.28. The van der Waals surface area contributed by atoms with Crippen LogP contribution in [-0.4, -0.2) is 43.8 Å². The van der Waals surface area contributed by atoms with Gasteiger partial charge in [0.2, 0.25) is 0 Å². The predicted molar refractivity (Wildman–Crippen MR) is 57.7 cm³/mol. The fourth-order valence-corrected chi connectivity index (χ4v) is 2.83. The zero-order chi connectivity index (χ0) is 10.7. The van der Waals surface area contributed by atoms with Crippen molar-refractivity contribution >= 4 is 6.09 Å². The van der Waals surface area contributed by atoms with Crippen molar-refractivity contribution in [3.8, 4) is 0 Å². The molecule has 0 aromatic heterocycles. The Labute approximate surface area is 91.0 Å². The lowest BCUT2D eigenvalue weighted by molar-refractivity contribution is 0.101. The molecule has 2 rings (SSSR count). The summed E-state index contributed by atoms with van der Waals surface area (Å²) in [6.45, 7) is 3.05. The molecule has 4 heteroatoms. The van der Waals surface area contributed by atoms with E-state index in [0.717, 1.165) is 32.5 Å². The van der Waals surface area contributed by atoms with Gasteiger partial charge >= 0.3 is 6.09 Å². The number of amides is 1. The summed E-state index contributed by atoms with van der Waals surface area (Å²) in [6.07, 6.45) is 4.59. The van der Waals surface area contributed by atoms with E-state index in [-0.39, 0.29) is 6.09 Å². The van der Waals surface area contributed by atoms with Gasteiger partial charge in [-0.05, 0) is 44.7 Å². The minimum atomic E-state index is -0.150. The summed E-state index contributed by atoms with van der Waals surface area (Å²) in [6, 6.07) is 0.408. The fourth-order valence-electron chi connectivity index (χ4n) is 2.83. The van der Waals surface area contributed by atoms with E-state index in [2.05, 4.69) is 5.32 Å². The maximum absolute atomic E-state index is 11.6. The highest BCUT2D eigenvalue weighted by atomic mass is 16.5. The molecule has 0 aromatic carbocycles. The Balaban J connectivity index is 1.97. The number of carbonyl (C=O) groups is 1. The van der Waals surface area contributed by atoms with Crippen LogP contribution in [-0.2, 0) is 4.74 Å². The summed E-state index contributed by atoms with van der Waals surface area (Å²) in [5.74, 6) is 0.625. The van der Waals surface area contributed by atoms with Crippen LogP contribution in [0.4, 0.5) is 4.79 Å². The van der Waals surface area contributed by atoms with Crippen LogP contribution < -0.4 is 5.32 Å². The first-order chi connectivity index (χ1) is 7.33. The van der Waals surface area contributed by atoms with E-state index in [1.165, 1.54) is 20.0 Å². The molecule has 0 aromatic rings. The van der Waals surface area contributed by atoms with Gasteiger partial charge in [0.15, 0.2) is 0 Å². The molecule has 2 heterocycles. The first-order valence-electron chi connectivity index (χ1n) is 5.88. The third-order valence-electron chi connectivity index (χ3n) is 3.59. The number of rotatable bonds is 1. The molecular weight excluding hydrogens is 192 g/mol. The summed E-state index contributed by atoms with van der Waals surface area (Å²) >= 11 is 0.